The zero-order valence-electron chi connectivity index (χ0n) is 8.44. The minimum Gasteiger partial charge on any atom is -0.748 e. The minimum absolute atomic E-state index is 0. The second-order valence-electron chi connectivity index (χ2n) is 2.72. The van der Waals surface area contributed by atoms with Crippen LogP contribution in [0.15, 0.2) is 12.2 Å². The zero-order valence-corrected chi connectivity index (χ0v) is 9.26. The summed E-state index contributed by atoms with van der Waals surface area (Å²) in [7, 11) is -4.35. The standard InChI is InChI=1S/C7H12O5S.Li/c1-5(2)7(8)12-6(3)4-13(9,10)11;/h6H,1,4H2,2-3H3,(H,9,10,11);/q;+1/p-1. The molecule has 0 aliphatic heterocycles. The monoisotopic (exact) mass is 214 g/mol. The molecule has 0 bridgehead atoms. The fourth-order valence-corrected chi connectivity index (χ4v) is 1.25. The van der Waals surface area contributed by atoms with E-state index in [2.05, 4.69) is 11.3 Å². The van der Waals surface area contributed by atoms with Gasteiger partial charge in [-0.2, -0.15) is 0 Å². The third kappa shape index (κ3) is 8.32. The molecule has 0 aromatic carbocycles. The van der Waals surface area contributed by atoms with E-state index in [1.165, 1.54) is 13.8 Å². The van der Waals surface area contributed by atoms with Crippen molar-refractivity contribution in [2.75, 3.05) is 5.75 Å². The van der Waals surface area contributed by atoms with Crippen molar-refractivity contribution in [3.63, 3.8) is 0 Å². The van der Waals surface area contributed by atoms with Crippen LogP contribution in [0.25, 0.3) is 0 Å². The fraction of sp³-hybridized carbons (Fsp3) is 0.571. The largest absolute Gasteiger partial charge is 1.00 e. The third-order valence-corrected chi connectivity index (χ3v) is 1.97. The number of hydrogen-bond donors (Lipinski definition) is 0. The Kier molecular flexibility index (Phi) is 7.21. The number of hydrogen-bond acceptors (Lipinski definition) is 5. The normalized spacial score (nSPS) is 12.5. The van der Waals surface area contributed by atoms with Gasteiger partial charge in [0.2, 0.25) is 0 Å². The van der Waals surface area contributed by atoms with Gasteiger partial charge in [0.1, 0.15) is 6.10 Å². The van der Waals surface area contributed by atoms with E-state index in [4.69, 9.17) is 0 Å². The Morgan fingerprint density at radius 3 is 2.29 bits per heavy atom. The van der Waals surface area contributed by atoms with Gasteiger partial charge >= 0.3 is 24.8 Å². The van der Waals surface area contributed by atoms with Crippen LogP contribution in [0.3, 0.4) is 0 Å². The summed E-state index contributed by atoms with van der Waals surface area (Å²) in [5, 5.41) is 0. The number of esters is 1. The molecule has 76 valence electrons. The molecule has 14 heavy (non-hydrogen) atoms. The van der Waals surface area contributed by atoms with E-state index in [1.807, 2.05) is 0 Å². The van der Waals surface area contributed by atoms with E-state index in [0.717, 1.165) is 0 Å². The van der Waals surface area contributed by atoms with Gasteiger partial charge in [0.15, 0.2) is 0 Å². The summed E-state index contributed by atoms with van der Waals surface area (Å²) in [5.74, 6) is -1.41. The molecule has 0 aliphatic rings. The maximum Gasteiger partial charge on any atom is 1.00 e. The maximum atomic E-state index is 10.8. The van der Waals surface area contributed by atoms with Gasteiger partial charge in [-0.05, 0) is 13.8 Å². The molecule has 0 fully saturated rings. The van der Waals surface area contributed by atoms with E-state index in [0.29, 0.717) is 0 Å². The van der Waals surface area contributed by atoms with Gasteiger partial charge < -0.3 is 9.29 Å². The summed E-state index contributed by atoms with van der Waals surface area (Å²) < 4.78 is 35.2. The maximum absolute atomic E-state index is 10.8. The van der Waals surface area contributed by atoms with E-state index in [-0.39, 0.29) is 24.4 Å². The van der Waals surface area contributed by atoms with Crippen molar-refractivity contribution in [1.29, 1.82) is 0 Å². The van der Waals surface area contributed by atoms with Gasteiger partial charge in [-0.3, -0.25) is 0 Å². The second kappa shape index (κ2) is 6.25. The molecule has 0 spiro atoms. The van der Waals surface area contributed by atoms with Gasteiger partial charge in [0, 0.05) is 5.57 Å². The van der Waals surface area contributed by atoms with E-state index >= 15 is 0 Å². The molecule has 0 amide bonds. The van der Waals surface area contributed by atoms with Crippen molar-refractivity contribution < 1.29 is 41.4 Å². The average Bonchev–Trinajstić information content (AvgIpc) is 1.81. The Hall–Kier alpha value is -0.283. The van der Waals surface area contributed by atoms with Crippen molar-refractivity contribution in [3.8, 4) is 0 Å². The molecule has 1 atom stereocenters. The third-order valence-electron chi connectivity index (χ3n) is 1.10. The van der Waals surface area contributed by atoms with Crippen LogP contribution >= 0.6 is 0 Å². The van der Waals surface area contributed by atoms with Crippen molar-refractivity contribution in [2.24, 2.45) is 0 Å². The molecule has 0 rings (SSSR count). The molecule has 0 aromatic rings. The fourth-order valence-electron chi connectivity index (χ4n) is 0.605. The quantitative estimate of drug-likeness (QED) is 0.216. The first-order chi connectivity index (χ1) is 5.72. The summed E-state index contributed by atoms with van der Waals surface area (Å²) in [6, 6.07) is 0. The van der Waals surface area contributed by atoms with Crippen molar-refractivity contribution in [1.82, 2.24) is 0 Å². The average molecular weight is 214 g/mol. The van der Waals surface area contributed by atoms with Gasteiger partial charge in [0.05, 0.1) is 15.9 Å². The molecule has 0 saturated heterocycles. The van der Waals surface area contributed by atoms with Crippen LogP contribution in [0.5, 0.6) is 0 Å². The summed E-state index contributed by atoms with van der Waals surface area (Å²) >= 11 is 0. The smallest absolute Gasteiger partial charge is 0.748 e. The van der Waals surface area contributed by atoms with Gasteiger partial charge in [-0.15, -0.1) is 0 Å². The predicted octanol–water partition coefficient (Wildman–Crippen LogP) is -2.96. The van der Waals surface area contributed by atoms with Crippen LogP contribution in [0, 0.1) is 0 Å². The second-order valence-corrected chi connectivity index (χ2v) is 4.17. The topological polar surface area (TPSA) is 83.5 Å². The van der Waals surface area contributed by atoms with Crippen LogP contribution in [0.4, 0.5) is 0 Å². The molecule has 5 nitrogen and oxygen atoms in total. The van der Waals surface area contributed by atoms with Crippen LogP contribution in [0.2, 0.25) is 0 Å². The number of ether oxygens (including phenoxy) is 1. The van der Waals surface area contributed by atoms with Crippen LogP contribution in [0.1, 0.15) is 13.8 Å². The first-order valence-corrected chi connectivity index (χ1v) is 5.10. The molecule has 7 heteroatoms. The number of carbonyl (C=O) groups is 1. The summed E-state index contributed by atoms with van der Waals surface area (Å²) in [6.45, 7) is 6.06. The van der Waals surface area contributed by atoms with Crippen molar-refractivity contribution in [3.05, 3.63) is 12.2 Å². The van der Waals surface area contributed by atoms with Gasteiger partial charge in [-0.1, -0.05) is 6.58 Å². The van der Waals surface area contributed by atoms with E-state index in [9.17, 15) is 17.8 Å². The number of rotatable bonds is 4. The summed E-state index contributed by atoms with van der Waals surface area (Å²) in [6.07, 6.45) is -0.938. The summed E-state index contributed by atoms with van der Waals surface area (Å²) in [4.78, 5) is 10.8. The molecule has 0 saturated carbocycles. The van der Waals surface area contributed by atoms with Gasteiger partial charge in [-0.25, -0.2) is 13.2 Å². The minimum atomic E-state index is -4.35. The Bertz CT molecular complexity index is 308. The Balaban J connectivity index is 0. The van der Waals surface area contributed by atoms with Crippen LogP contribution in [-0.4, -0.2) is 30.8 Å². The molecule has 0 aliphatic carbocycles. The zero-order chi connectivity index (χ0) is 10.6. The Labute approximate surface area is 95.4 Å². The van der Waals surface area contributed by atoms with Crippen LogP contribution < -0.4 is 18.9 Å². The first-order valence-electron chi connectivity index (χ1n) is 3.52. The molecule has 1 unspecified atom stereocenters. The molecule has 0 N–H and O–H groups in total. The van der Waals surface area contributed by atoms with Crippen molar-refractivity contribution in [2.45, 2.75) is 20.0 Å². The molecular formula is C7H11LiO5S. The molecular weight excluding hydrogens is 203 g/mol. The van der Waals surface area contributed by atoms with Crippen molar-refractivity contribution >= 4 is 16.1 Å². The molecule has 0 heterocycles. The predicted molar refractivity (Wildman–Crippen MR) is 44.9 cm³/mol. The SMILES string of the molecule is C=C(C)C(=O)OC(C)CS(=O)(=O)[O-].[Li+]. The Morgan fingerprint density at radius 1 is 1.57 bits per heavy atom. The molecule has 0 aromatic heterocycles. The Morgan fingerprint density at radius 2 is 2.00 bits per heavy atom. The van der Waals surface area contributed by atoms with Crippen LogP contribution in [-0.2, 0) is 19.6 Å². The van der Waals surface area contributed by atoms with E-state index < -0.39 is 27.9 Å². The number of carbonyl (C=O) groups excluding carboxylic acids is 1. The summed E-state index contributed by atoms with van der Waals surface area (Å²) in [5.41, 5.74) is 0.162. The first kappa shape index (κ1) is 16.2. The van der Waals surface area contributed by atoms with Gasteiger partial charge in [0.25, 0.3) is 0 Å². The molecule has 0 radical (unpaired) electrons. The van der Waals surface area contributed by atoms with E-state index in [1.54, 1.807) is 0 Å².